The molecular weight excluding hydrogens is 399 g/mol. The molecule has 1 rings (SSSR count). The van der Waals surface area contributed by atoms with Crippen molar-refractivity contribution in [2.75, 3.05) is 39.5 Å². The lowest BCUT2D eigenvalue weighted by Crippen LogP contribution is -2.32. The molecule has 0 radical (unpaired) electrons. The van der Waals surface area contributed by atoms with Crippen LogP contribution in [0.2, 0.25) is 25.1 Å². The van der Waals surface area contributed by atoms with Gasteiger partial charge in [0.05, 0.1) is 34.9 Å². The van der Waals surface area contributed by atoms with Crippen molar-refractivity contribution in [3.05, 3.63) is 25.1 Å². The monoisotopic (exact) mass is 413 g/mol. The third kappa shape index (κ3) is 6.83. The fraction of sp³-hybridized carbons (Fsp3) is 0.500. The van der Waals surface area contributed by atoms with Crippen molar-refractivity contribution in [2.45, 2.75) is 0 Å². The van der Waals surface area contributed by atoms with E-state index in [0.29, 0.717) is 19.6 Å². The zero-order chi connectivity index (χ0) is 17.3. The van der Waals surface area contributed by atoms with Crippen LogP contribution in [-0.4, -0.2) is 64.8 Å². The first-order valence-corrected chi connectivity index (χ1v) is 7.96. The number of nitrogens with zero attached hydrogens (tertiary/aromatic N) is 1. The average molecular weight is 416 g/mol. The van der Waals surface area contributed by atoms with Crippen molar-refractivity contribution < 1.29 is 20.4 Å². The van der Waals surface area contributed by atoms with Crippen LogP contribution in [0, 0.1) is 0 Å². The fourth-order valence-corrected chi connectivity index (χ4v) is 2.48. The summed E-state index contributed by atoms with van der Waals surface area (Å²) in [5, 5.41) is 34.5. The highest BCUT2D eigenvalue weighted by Crippen LogP contribution is 2.47. The van der Waals surface area contributed by atoms with Gasteiger partial charge in [0.25, 0.3) is 0 Å². The summed E-state index contributed by atoms with van der Waals surface area (Å²) in [6.45, 7) is 1.75. The Kier molecular flexibility index (Phi) is 12.0. The first kappa shape index (κ1) is 22.3. The average Bonchev–Trinajstić information content (AvgIpc) is 2.50. The molecule has 0 amide bonds. The Morgan fingerprint density at radius 2 is 0.864 bits per heavy atom. The molecule has 10 heteroatoms. The SMILES string of the molecule is OCCN(CCO)CCO.Oc1c(Cl)c(Cl)c(Cl)c(Cl)c1Cl. The number of aromatic hydroxyl groups is 1. The van der Waals surface area contributed by atoms with Gasteiger partial charge < -0.3 is 20.4 Å². The summed E-state index contributed by atoms with van der Waals surface area (Å²) in [5.74, 6) is -0.363. The third-order valence-corrected chi connectivity index (χ3v) is 4.69. The molecular formula is C12H16Cl5NO4. The maximum atomic E-state index is 9.20. The van der Waals surface area contributed by atoms with Gasteiger partial charge in [-0.25, -0.2) is 0 Å². The van der Waals surface area contributed by atoms with E-state index in [1.165, 1.54) is 0 Å². The number of hydrogen-bond donors (Lipinski definition) is 4. The maximum absolute atomic E-state index is 9.20. The van der Waals surface area contributed by atoms with Crippen LogP contribution in [0.3, 0.4) is 0 Å². The Hall–Kier alpha value is 0.310. The highest BCUT2D eigenvalue weighted by molar-refractivity contribution is 6.55. The maximum Gasteiger partial charge on any atom is 0.155 e. The zero-order valence-corrected chi connectivity index (χ0v) is 15.1. The molecule has 0 saturated heterocycles. The molecule has 0 aliphatic heterocycles. The molecule has 0 spiro atoms. The summed E-state index contributed by atoms with van der Waals surface area (Å²) in [6, 6.07) is 0. The molecule has 4 N–H and O–H groups in total. The van der Waals surface area contributed by atoms with Gasteiger partial charge in [0.1, 0.15) is 10.0 Å². The van der Waals surface area contributed by atoms with Gasteiger partial charge in [0.2, 0.25) is 0 Å². The van der Waals surface area contributed by atoms with Gasteiger partial charge in [-0.05, 0) is 0 Å². The number of benzene rings is 1. The lowest BCUT2D eigenvalue weighted by Gasteiger charge is -2.17. The van der Waals surface area contributed by atoms with E-state index in [1.54, 1.807) is 4.90 Å². The summed E-state index contributed by atoms with van der Waals surface area (Å²) in [7, 11) is 0. The van der Waals surface area contributed by atoms with E-state index >= 15 is 0 Å². The number of aliphatic hydroxyl groups excluding tert-OH is 3. The van der Waals surface area contributed by atoms with Gasteiger partial charge in [-0.3, -0.25) is 4.90 Å². The summed E-state index contributed by atoms with van der Waals surface area (Å²) in [5.41, 5.74) is 0. The van der Waals surface area contributed by atoms with Crippen LogP contribution in [0.5, 0.6) is 5.75 Å². The molecule has 0 aliphatic rings. The predicted octanol–water partition coefficient (Wildman–Crippen LogP) is 2.92. The first-order chi connectivity index (χ1) is 10.3. The largest absolute Gasteiger partial charge is 0.505 e. The molecule has 128 valence electrons. The lowest BCUT2D eigenvalue weighted by atomic mass is 10.3. The molecule has 1 aromatic carbocycles. The van der Waals surface area contributed by atoms with Gasteiger partial charge in [-0.1, -0.05) is 58.0 Å². The number of halogens is 5. The van der Waals surface area contributed by atoms with E-state index in [9.17, 15) is 5.11 Å². The van der Waals surface area contributed by atoms with Crippen LogP contribution in [0.15, 0.2) is 0 Å². The van der Waals surface area contributed by atoms with Crippen LogP contribution in [0.4, 0.5) is 0 Å². The Labute approximate surface area is 153 Å². The zero-order valence-electron chi connectivity index (χ0n) is 11.4. The molecule has 0 unspecified atom stereocenters. The minimum atomic E-state index is -0.363. The molecule has 0 fully saturated rings. The van der Waals surface area contributed by atoms with E-state index in [-0.39, 0.29) is 50.7 Å². The topological polar surface area (TPSA) is 84.2 Å². The Morgan fingerprint density at radius 1 is 0.591 bits per heavy atom. The van der Waals surface area contributed by atoms with Crippen LogP contribution in [0.1, 0.15) is 0 Å². The van der Waals surface area contributed by atoms with Crippen molar-refractivity contribution in [1.82, 2.24) is 4.90 Å². The molecule has 0 atom stereocenters. The molecule has 5 nitrogen and oxygen atoms in total. The quantitative estimate of drug-likeness (QED) is 0.424. The number of phenols is 1. The molecule has 1 aromatic rings. The van der Waals surface area contributed by atoms with Gasteiger partial charge in [0, 0.05) is 19.6 Å². The normalized spacial score (nSPS) is 10.6. The van der Waals surface area contributed by atoms with Gasteiger partial charge in [-0.2, -0.15) is 0 Å². The van der Waals surface area contributed by atoms with E-state index in [1.807, 2.05) is 0 Å². The van der Waals surface area contributed by atoms with Crippen LogP contribution >= 0.6 is 58.0 Å². The van der Waals surface area contributed by atoms with Gasteiger partial charge in [-0.15, -0.1) is 0 Å². The second kappa shape index (κ2) is 11.8. The lowest BCUT2D eigenvalue weighted by molar-refractivity contribution is 0.136. The first-order valence-electron chi connectivity index (χ1n) is 6.07. The predicted molar refractivity (Wildman–Crippen MR) is 90.9 cm³/mol. The van der Waals surface area contributed by atoms with E-state index < -0.39 is 0 Å². The fourth-order valence-electron chi connectivity index (χ4n) is 1.35. The van der Waals surface area contributed by atoms with Gasteiger partial charge in [0.15, 0.2) is 5.75 Å². The molecule has 0 saturated carbocycles. The Morgan fingerprint density at radius 3 is 1.14 bits per heavy atom. The summed E-state index contributed by atoms with van der Waals surface area (Å²) >= 11 is 27.9. The van der Waals surface area contributed by atoms with Crippen molar-refractivity contribution in [3.8, 4) is 5.75 Å². The highest BCUT2D eigenvalue weighted by Gasteiger charge is 2.18. The van der Waals surface area contributed by atoms with Crippen molar-refractivity contribution >= 4 is 58.0 Å². The molecule has 0 heterocycles. The van der Waals surface area contributed by atoms with E-state index in [0.717, 1.165) is 0 Å². The van der Waals surface area contributed by atoms with E-state index in [2.05, 4.69) is 0 Å². The summed E-state index contributed by atoms with van der Waals surface area (Å²) in [4.78, 5) is 1.79. The number of hydrogen-bond acceptors (Lipinski definition) is 5. The molecule has 0 aliphatic carbocycles. The Balaban J connectivity index is 0.000000409. The molecule has 22 heavy (non-hydrogen) atoms. The number of aliphatic hydroxyl groups is 3. The number of rotatable bonds is 6. The minimum absolute atomic E-state index is 0.00904. The standard InChI is InChI=1S/C6HCl5O.C6H15NO3/c7-1-2(8)4(10)6(12)5(11)3(1)9;8-4-1-7(2-5-9)3-6-10/h12H;8-10H,1-6H2. The second-order valence-electron chi connectivity index (χ2n) is 3.93. The molecule has 0 bridgehead atoms. The summed E-state index contributed by atoms with van der Waals surface area (Å²) < 4.78 is 0. The van der Waals surface area contributed by atoms with Crippen LogP contribution in [-0.2, 0) is 0 Å². The number of phenolic OH excluding ortho intramolecular Hbond substituents is 1. The van der Waals surface area contributed by atoms with Crippen molar-refractivity contribution in [3.63, 3.8) is 0 Å². The van der Waals surface area contributed by atoms with Crippen LogP contribution in [0.25, 0.3) is 0 Å². The van der Waals surface area contributed by atoms with Gasteiger partial charge >= 0.3 is 0 Å². The summed E-state index contributed by atoms with van der Waals surface area (Å²) in [6.07, 6.45) is 0. The van der Waals surface area contributed by atoms with Crippen molar-refractivity contribution in [2.24, 2.45) is 0 Å². The van der Waals surface area contributed by atoms with Crippen LogP contribution < -0.4 is 0 Å². The smallest absolute Gasteiger partial charge is 0.155 e. The minimum Gasteiger partial charge on any atom is -0.505 e. The molecule has 0 aromatic heterocycles. The van der Waals surface area contributed by atoms with Crippen molar-refractivity contribution in [1.29, 1.82) is 0 Å². The highest BCUT2D eigenvalue weighted by atomic mass is 35.5. The second-order valence-corrected chi connectivity index (χ2v) is 5.82. The Bertz CT molecular complexity index is 356. The van der Waals surface area contributed by atoms with E-state index in [4.69, 9.17) is 73.3 Å². The third-order valence-electron chi connectivity index (χ3n) is 2.44.